The summed E-state index contributed by atoms with van der Waals surface area (Å²) in [7, 11) is 3.85. The summed E-state index contributed by atoms with van der Waals surface area (Å²) in [6.45, 7) is 2.02. The first-order valence-electron chi connectivity index (χ1n) is 4.67. The quantitative estimate of drug-likeness (QED) is 0.675. The highest BCUT2D eigenvalue weighted by molar-refractivity contribution is 5.94. The summed E-state index contributed by atoms with van der Waals surface area (Å²) in [5, 5.41) is 3.19. The first kappa shape index (κ1) is 10.8. The van der Waals surface area contributed by atoms with E-state index >= 15 is 0 Å². The van der Waals surface area contributed by atoms with Crippen LogP contribution in [0.15, 0.2) is 23.9 Å². The summed E-state index contributed by atoms with van der Waals surface area (Å²) in [4.78, 5) is 13.3. The molecular formula is C10H17N3O. The van der Waals surface area contributed by atoms with Gasteiger partial charge in [0.15, 0.2) is 0 Å². The summed E-state index contributed by atoms with van der Waals surface area (Å²) < 4.78 is 0. The molecule has 78 valence electrons. The van der Waals surface area contributed by atoms with E-state index in [1.54, 1.807) is 12.2 Å². The third-order valence-electron chi connectivity index (χ3n) is 2.67. The van der Waals surface area contributed by atoms with Crippen LogP contribution < -0.4 is 11.1 Å². The number of primary amides is 1. The lowest BCUT2D eigenvalue weighted by atomic mass is 9.92. The molecule has 0 aromatic heterocycles. The van der Waals surface area contributed by atoms with Gasteiger partial charge in [0.25, 0.3) is 0 Å². The van der Waals surface area contributed by atoms with E-state index in [2.05, 4.69) is 5.32 Å². The Labute approximate surface area is 84.4 Å². The van der Waals surface area contributed by atoms with Crippen LogP contribution in [0.2, 0.25) is 0 Å². The third-order valence-corrected chi connectivity index (χ3v) is 2.67. The summed E-state index contributed by atoms with van der Waals surface area (Å²) >= 11 is 0. The molecule has 0 saturated carbocycles. The molecule has 1 unspecified atom stereocenters. The fraction of sp³-hybridized carbons (Fsp3) is 0.500. The van der Waals surface area contributed by atoms with Gasteiger partial charge < -0.3 is 11.1 Å². The average molecular weight is 195 g/mol. The molecule has 0 saturated heterocycles. The van der Waals surface area contributed by atoms with Crippen LogP contribution in [0.5, 0.6) is 0 Å². The van der Waals surface area contributed by atoms with Gasteiger partial charge in [-0.05, 0) is 38.9 Å². The minimum absolute atomic E-state index is 0.377. The second kappa shape index (κ2) is 3.84. The fourth-order valence-electron chi connectivity index (χ4n) is 1.81. The van der Waals surface area contributed by atoms with Crippen LogP contribution >= 0.6 is 0 Å². The van der Waals surface area contributed by atoms with Crippen molar-refractivity contribution < 1.29 is 4.79 Å². The number of nitrogens with one attached hydrogen (secondary N) is 1. The topological polar surface area (TPSA) is 58.4 Å². The third kappa shape index (κ3) is 1.53. The molecule has 0 aliphatic carbocycles. The molecular weight excluding hydrogens is 178 g/mol. The van der Waals surface area contributed by atoms with E-state index in [1.165, 1.54) is 0 Å². The first-order valence-corrected chi connectivity index (χ1v) is 4.67. The number of nitrogens with zero attached hydrogens (tertiary/aromatic N) is 1. The van der Waals surface area contributed by atoms with Gasteiger partial charge in [-0.1, -0.05) is 6.92 Å². The molecule has 4 heteroatoms. The molecule has 0 aromatic carbocycles. The molecule has 14 heavy (non-hydrogen) atoms. The monoisotopic (exact) mass is 195 g/mol. The number of hydrogen-bond donors (Lipinski definition) is 2. The molecule has 1 rings (SSSR count). The molecule has 0 spiro atoms. The van der Waals surface area contributed by atoms with E-state index in [0.717, 1.165) is 6.42 Å². The fourth-order valence-corrected chi connectivity index (χ4v) is 1.81. The zero-order valence-electron chi connectivity index (χ0n) is 8.87. The SMILES string of the molecule is CCC1(N(C)C)NC=CC=C1C(N)=O. The Hall–Kier alpha value is -1.29. The molecule has 0 radical (unpaired) electrons. The normalized spacial score (nSPS) is 25.9. The van der Waals surface area contributed by atoms with Gasteiger partial charge in [0.2, 0.25) is 5.91 Å². The second-order valence-corrected chi connectivity index (χ2v) is 3.56. The van der Waals surface area contributed by atoms with Crippen molar-refractivity contribution in [1.29, 1.82) is 0 Å². The van der Waals surface area contributed by atoms with E-state index < -0.39 is 5.66 Å². The van der Waals surface area contributed by atoms with Crippen molar-refractivity contribution in [2.45, 2.75) is 19.0 Å². The maximum Gasteiger partial charge on any atom is 0.248 e. The molecule has 0 bridgehead atoms. The standard InChI is InChI=1S/C10H17N3O/c1-4-10(13(2)3)8(9(11)14)6-5-7-12-10/h5-7,12H,4H2,1-3H3,(H2,11,14). The Bertz CT molecular complexity index is 294. The van der Waals surface area contributed by atoms with Crippen molar-refractivity contribution in [3.05, 3.63) is 23.9 Å². The maximum atomic E-state index is 11.3. The highest BCUT2D eigenvalue weighted by atomic mass is 16.1. The van der Waals surface area contributed by atoms with Crippen molar-refractivity contribution in [2.24, 2.45) is 5.73 Å². The Balaban J connectivity index is 3.13. The number of allylic oxidation sites excluding steroid dienone is 2. The molecule has 1 aliphatic heterocycles. The molecule has 4 nitrogen and oxygen atoms in total. The van der Waals surface area contributed by atoms with E-state index in [-0.39, 0.29) is 5.91 Å². The van der Waals surface area contributed by atoms with Gasteiger partial charge in [0, 0.05) is 0 Å². The number of dihydropyridines is 1. The summed E-state index contributed by atoms with van der Waals surface area (Å²) in [5.41, 5.74) is 5.49. The molecule has 1 atom stereocenters. The van der Waals surface area contributed by atoms with Crippen molar-refractivity contribution in [1.82, 2.24) is 10.2 Å². The summed E-state index contributed by atoms with van der Waals surface area (Å²) in [6, 6.07) is 0. The van der Waals surface area contributed by atoms with Crippen LogP contribution in [-0.2, 0) is 4.79 Å². The molecule has 0 fully saturated rings. The zero-order chi connectivity index (χ0) is 10.8. The predicted molar refractivity (Wildman–Crippen MR) is 56.3 cm³/mol. The molecule has 1 aliphatic rings. The molecule has 3 N–H and O–H groups in total. The Morgan fingerprint density at radius 1 is 1.64 bits per heavy atom. The van der Waals surface area contributed by atoms with Crippen LogP contribution in [0.25, 0.3) is 0 Å². The number of nitrogens with two attached hydrogens (primary N) is 1. The van der Waals surface area contributed by atoms with Crippen molar-refractivity contribution in [3.8, 4) is 0 Å². The predicted octanol–water partition coefficient (Wildman–Crippen LogP) is 0.183. The van der Waals surface area contributed by atoms with Gasteiger partial charge in [-0.3, -0.25) is 9.69 Å². The maximum absolute atomic E-state index is 11.3. The lowest BCUT2D eigenvalue weighted by Crippen LogP contribution is -2.58. The molecule has 1 heterocycles. The minimum Gasteiger partial charge on any atom is -0.369 e. The van der Waals surface area contributed by atoms with E-state index in [9.17, 15) is 4.79 Å². The Morgan fingerprint density at radius 3 is 2.64 bits per heavy atom. The largest absolute Gasteiger partial charge is 0.369 e. The van der Waals surface area contributed by atoms with Crippen molar-refractivity contribution in [2.75, 3.05) is 14.1 Å². The van der Waals surface area contributed by atoms with Crippen LogP contribution in [0.3, 0.4) is 0 Å². The van der Waals surface area contributed by atoms with E-state index in [0.29, 0.717) is 5.57 Å². The first-order chi connectivity index (χ1) is 6.54. The van der Waals surface area contributed by atoms with Crippen LogP contribution in [0, 0.1) is 0 Å². The number of likely N-dealkylation sites (N-methyl/N-ethyl adjacent to an activating group) is 1. The van der Waals surface area contributed by atoms with Crippen molar-refractivity contribution >= 4 is 5.91 Å². The van der Waals surface area contributed by atoms with Gasteiger partial charge in [0.1, 0.15) is 5.66 Å². The number of carbonyl (C=O) groups is 1. The van der Waals surface area contributed by atoms with E-state index in [4.69, 9.17) is 5.73 Å². The summed E-state index contributed by atoms with van der Waals surface area (Å²) in [5.74, 6) is -0.377. The van der Waals surface area contributed by atoms with Gasteiger partial charge in [-0.15, -0.1) is 0 Å². The summed E-state index contributed by atoms with van der Waals surface area (Å²) in [6.07, 6.45) is 6.16. The number of rotatable bonds is 3. The smallest absolute Gasteiger partial charge is 0.248 e. The number of amides is 1. The van der Waals surface area contributed by atoms with Crippen LogP contribution in [0.4, 0.5) is 0 Å². The minimum atomic E-state index is -0.458. The highest BCUT2D eigenvalue weighted by Crippen LogP contribution is 2.25. The number of hydrogen-bond acceptors (Lipinski definition) is 3. The average Bonchev–Trinajstić information content (AvgIpc) is 2.17. The second-order valence-electron chi connectivity index (χ2n) is 3.56. The Morgan fingerprint density at radius 2 is 2.29 bits per heavy atom. The van der Waals surface area contributed by atoms with Gasteiger partial charge in [-0.2, -0.15) is 0 Å². The molecule has 1 amide bonds. The van der Waals surface area contributed by atoms with Crippen LogP contribution in [0.1, 0.15) is 13.3 Å². The lowest BCUT2D eigenvalue weighted by Gasteiger charge is -2.41. The molecule has 0 aromatic rings. The lowest BCUT2D eigenvalue weighted by molar-refractivity contribution is -0.116. The van der Waals surface area contributed by atoms with Gasteiger partial charge in [0.05, 0.1) is 5.57 Å². The van der Waals surface area contributed by atoms with Gasteiger partial charge >= 0.3 is 0 Å². The van der Waals surface area contributed by atoms with E-state index in [1.807, 2.05) is 32.1 Å². The van der Waals surface area contributed by atoms with Gasteiger partial charge in [-0.25, -0.2) is 0 Å². The Kier molecular flexibility index (Phi) is 2.96. The highest BCUT2D eigenvalue weighted by Gasteiger charge is 2.37. The van der Waals surface area contributed by atoms with Crippen LogP contribution in [-0.4, -0.2) is 30.6 Å². The van der Waals surface area contributed by atoms with Crippen molar-refractivity contribution in [3.63, 3.8) is 0 Å². The number of carbonyl (C=O) groups excluding carboxylic acids is 1. The zero-order valence-corrected chi connectivity index (χ0v) is 8.87.